The van der Waals surface area contributed by atoms with Gasteiger partial charge in [0.15, 0.2) is 5.69 Å². The fourth-order valence-corrected chi connectivity index (χ4v) is 1.46. The third-order valence-electron chi connectivity index (χ3n) is 2.91. The molecule has 0 fully saturated rings. The van der Waals surface area contributed by atoms with Crippen LogP contribution >= 0.6 is 0 Å². The molecule has 1 aromatic rings. The number of hydrogen-bond acceptors (Lipinski definition) is 4. The van der Waals surface area contributed by atoms with Crippen LogP contribution in [0.25, 0.3) is 0 Å². The predicted molar refractivity (Wildman–Crippen MR) is 69.3 cm³/mol. The monoisotopic (exact) mass is 253 g/mol. The van der Waals surface area contributed by atoms with Gasteiger partial charge < -0.3 is 4.74 Å². The lowest BCUT2D eigenvalue weighted by Crippen LogP contribution is -2.13. The van der Waals surface area contributed by atoms with Crippen LogP contribution in [0.4, 0.5) is 0 Å². The van der Waals surface area contributed by atoms with Gasteiger partial charge in [-0.25, -0.2) is 9.48 Å². The number of carbonyl (C=O) groups excluding carboxylic acids is 1. The maximum atomic E-state index is 11.8. The van der Waals surface area contributed by atoms with E-state index in [4.69, 9.17) is 4.74 Å². The zero-order chi connectivity index (χ0) is 13.7. The van der Waals surface area contributed by atoms with Crippen molar-refractivity contribution >= 4 is 5.97 Å². The molecule has 0 aliphatic carbocycles. The Morgan fingerprint density at radius 2 is 2.06 bits per heavy atom. The normalized spacial score (nSPS) is 12.8. The molecule has 1 heterocycles. The highest BCUT2D eigenvalue weighted by Gasteiger charge is 2.18. The van der Waals surface area contributed by atoms with Crippen molar-refractivity contribution in [2.24, 2.45) is 11.8 Å². The van der Waals surface area contributed by atoms with Crippen LogP contribution in [0.5, 0.6) is 0 Å². The van der Waals surface area contributed by atoms with Crippen LogP contribution < -0.4 is 0 Å². The van der Waals surface area contributed by atoms with E-state index < -0.39 is 0 Å². The van der Waals surface area contributed by atoms with E-state index in [1.807, 2.05) is 20.8 Å². The molecule has 0 radical (unpaired) electrons. The number of rotatable bonds is 6. The van der Waals surface area contributed by atoms with E-state index in [1.54, 1.807) is 4.68 Å². The third kappa shape index (κ3) is 3.82. The summed E-state index contributed by atoms with van der Waals surface area (Å²) in [5.74, 6) is 0.464. The Bertz CT molecular complexity index is 399. The summed E-state index contributed by atoms with van der Waals surface area (Å²) in [5.41, 5.74) is 1.11. The highest BCUT2D eigenvalue weighted by atomic mass is 16.5. The first-order chi connectivity index (χ1) is 8.45. The van der Waals surface area contributed by atoms with Crippen molar-refractivity contribution in [2.45, 2.75) is 47.6 Å². The van der Waals surface area contributed by atoms with Gasteiger partial charge in [-0.15, -0.1) is 5.10 Å². The summed E-state index contributed by atoms with van der Waals surface area (Å²) in [6, 6.07) is 0. The van der Waals surface area contributed by atoms with Gasteiger partial charge in [0.2, 0.25) is 0 Å². The highest BCUT2D eigenvalue weighted by molar-refractivity contribution is 5.88. The minimum atomic E-state index is -0.378. The molecule has 102 valence electrons. The number of carbonyl (C=O) groups is 1. The van der Waals surface area contributed by atoms with E-state index in [2.05, 4.69) is 24.2 Å². The summed E-state index contributed by atoms with van der Waals surface area (Å²) in [5, 5.41) is 7.94. The van der Waals surface area contributed by atoms with Crippen LogP contribution in [0.1, 0.15) is 50.3 Å². The maximum Gasteiger partial charge on any atom is 0.360 e. The molecule has 1 rings (SSSR count). The van der Waals surface area contributed by atoms with E-state index in [1.165, 1.54) is 0 Å². The van der Waals surface area contributed by atoms with Crippen molar-refractivity contribution in [3.05, 3.63) is 11.4 Å². The van der Waals surface area contributed by atoms with Gasteiger partial charge in [-0.2, -0.15) is 0 Å². The van der Waals surface area contributed by atoms with Gasteiger partial charge in [0.05, 0.1) is 12.3 Å². The first kappa shape index (κ1) is 14.7. The number of hydrogen-bond donors (Lipinski definition) is 0. The van der Waals surface area contributed by atoms with E-state index in [-0.39, 0.29) is 5.97 Å². The molecular weight excluding hydrogens is 230 g/mol. The van der Waals surface area contributed by atoms with Gasteiger partial charge in [-0.3, -0.25) is 0 Å². The second-order valence-electron chi connectivity index (χ2n) is 5.21. The lowest BCUT2D eigenvalue weighted by Gasteiger charge is -2.09. The average Bonchev–Trinajstić information content (AvgIpc) is 2.68. The topological polar surface area (TPSA) is 57.0 Å². The molecule has 0 aliphatic rings. The van der Waals surface area contributed by atoms with E-state index in [0.29, 0.717) is 24.1 Å². The Balaban J connectivity index is 2.70. The maximum absolute atomic E-state index is 11.8. The molecule has 5 heteroatoms. The lowest BCUT2D eigenvalue weighted by atomic mass is 10.1. The summed E-state index contributed by atoms with van der Waals surface area (Å²) in [6.07, 6.45) is 1.08. The fourth-order valence-electron chi connectivity index (χ4n) is 1.46. The molecular formula is C13H23N3O2. The van der Waals surface area contributed by atoms with Crippen LogP contribution in [0.2, 0.25) is 0 Å². The zero-order valence-electron chi connectivity index (χ0n) is 11.9. The van der Waals surface area contributed by atoms with Gasteiger partial charge in [0.1, 0.15) is 0 Å². The van der Waals surface area contributed by atoms with Gasteiger partial charge in [-0.1, -0.05) is 39.3 Å². The van der Waals surface area contributed by atoms with Crippen LogP contribution in [0.15, 0.2) is 0 Å². The van der Waals surface area contributed by atoms with Gasteiger partial charge in [0.25, 0.3) is 0 Å². The van der Waals surface area contributed by atoms with Crippen LogP contribution in [0.3, 0.4) is 0 Å². The van der Waals surface area contributed by atoms with Crippen molar-refractivity contribution in [3.8, 4) is 0 Å². The molecule has 0 saturated heterocycles. The van der Waals surface area contributed by atoms with Crippen molar-refractivity contribution in [3.63, 3.8) is 0 Å². The molecule has 0 aromatic carbocycles. The predicted octanol–water partition coefficient (Wildman–Crippen LogP) is 2.45. The summed E-state index contributed by atoms with van der Waals surface area (Å²) in [6.45, 7) is 11.3. The van der Waals surface area contributed by atoms with E-state index in [0.717, 1.165) is 18.7 Å². The minimum Gasteiger partial charge on any atom is -0.461 e. The standard InChI is InChI=1S/C13H23N3O2/c1-6-10(4)7-16-11(5)12(14-15-16)13(17)18-8-9(2)3/h9-10H,6-8H2,1-5H3. The smallest absolute Gasteiger partial charge is 0.360 e. The second kappa shape index (κ2) is 6.52. The second-order valence-corrected chi connectivity index (χ2v) is 5.21. The molecule has 0 N–H and O–H groups in total. The molecule has 0 saturated carbocycles. The Morgan fingerprint density at radius 3 is 2.61 bits per heavy atom. The Kier molecular flexibility index (Phi) is 5.31. The van der Waals surface area contributed by atoms with Crippen molar-refractivity contribution in [2.75, 3.05) is 6.61 Å². The summed E-state index contributed by atoms with van der Waals surface area (Å²) < 4.78 is 6.94. The lowest BCUT2D eigenvalue weighted by molar-refractivity contribution is 0.0451. The SMILES string of the molecule is CCC(C)Cn1nnc(C(=O)OCC(C)C)c1C. The largest absolute Gasteiger partial charge is 0.461 e. The molecule has 0 bridgehead atoms. The summed E-state index contributed by atoms with van der Waals surface area (Å²) in [7, 11) is 0. The number of ether oxygens (including phenoxy) is 1. The van der Waals surface area contributed by atoms with Crippen LogP contribution in [-0.4, -0.2) is 27.6 Å². The molecule has 18 heavy (non-hydrogen) atoms. The number of aromatic nitrogens is 3. The molecule has 1 unspecified atom stereocenters. The molecule has 0 amide bonds. The Labute approximate surface area is 109 Å². The molecule has 5 nitrogen and oxygen atoms in total. The van der Waals surface area contributed by atoms with Crippen molar-refractivity contribution in [1.29, 1.82) is 0 Å². The Morgan fingerprint density at radius 1 is 1.39 bits per heavy atom. The van der Waals surface area contributed by atoms with Crippen molar-refractivity contribution in [1.82, 2.24) is 15.0 Å². The molecule has 1 atom stereocenters. The average molecular weight is 253 g/mol. The summed E-state index contributed by atoms with van der Waals surface area (Å²) in [4.78, 5) is 11.8. The van der Waals surface area contributed by atoms with Crippen LogP contribution in [-0.2, 0) is 11.3 Å². The van der Waals surface area contributed by atoms with E-state index in [9.17, 15) is 4.79 Å². The van der Waals surface area contributed by atoms with Gasteiger partial charge in [0, 0.05) is 6.54 Å². The molecule has 0 aliphatic heterocycles. The molecule has 1 aromatic heterocycles. The number of esters is 1. The zero-order valence-corrected chi connectivity index (χ0v) is 11.9. The van der Waals surface area contributed by atoms with Crippen molar-refractivity contribution < 1.29 is 9.53 Å². The third-order valence-corrected chi connectivity index (χ3v) is 2.91. The number of nitrogens with zero attached hydrogens (tertiary/aromatic N) is 3. The fraction of sp³-hybridized carbons (Fsp3) is 0.769. The van der Waals surface area contributed by atoms with Gasteiger partial charge >= 0.3 is 5.97 Å². The first-order valence-electron chi connectivity index (χ1n) is 6.52. The van der Waals surface area contributed by atoms with Gasteiger partial charge in [-0.05, 0) is 18.8 Å². The summed E-state index contributed by atoms with van der Waals surface area (Å²) >= 11 is 0. The highest BCUT2D eigenvalue weighted by Crippen LogP contribution is 2.10. The van der Waals surface area contributed by atoms with E-state index >= 15 is 0 Å². The minimum absolute atomic E-state index is 0.324. The first-order valence-corrected chi connectivity index (χ1v) is 6.52. The Hall–Kier alpha value is -1.39. The quantitative estimate of drug-likeness (QED) is 0.731. The van der Waals surface area contributed by atoms with Crippen LogP contribution in [0, 0.1) is 18.8 Å². The molecule has 0 spiro atoms.